The van der Waals surface area contributed by atoms with Crippen molar-refractivity contribution in [2.45, 2.75) is 32.4 Å². The van der Waals surface area contributed by atoms with Gasteiger partial charge in [0.2, 0.25) is 5.91 Å². The molecule has 25 heavy (non-hydrogen) atoms. The number of nitrogens with zero attached hydrogens (tertiary/aromatic N) is 3. The van der Waals surface area contributed by atoms with Crippen molar-refractivity contribution in [2.24, 2.45) is 0 Å². The fraction of sp³-hybridized carbons (Fsp3) is 0.389. The van der Waals surface area contributed by atoms with Gasteiger partial charge in [-0.3, -0.25) is 4.79 Å². The lowest BCUT2D eigenvalue weighted by molar-refractivity contribution is -0.130. The summed E-state index contributed by atoms with van der Waals surface area (Å²) < 4.78 is 19.8. The molecular weight excluding hydrogens is 325 g/mol. The van der Waals surface area contributed by atoms with Crippen molar-refractivity contribution in [1.29, 1.82) is 0 Å². The number of hydrogen-bond donors (Lipinski definition) is 1. The maximum atomic E-state index is 14.2. The van der Waals surface area contributed by atoms with Crippen LogP contribution in [0, 0.1) is 5.82 Å². The van der Waals surface area contributed by atoms with Crippen LogP contribution < -0.4 is 4.74 Å². The number of carbonyl (C=O) groups excluding carboxylic acids is 1. The van der Waals surface area contributed by atoms with E-state index in [9.17, 15) is 9.18 Å². The van der Waals surface area contributed by atoms with Gasteiger partial charge in [-0.05, 0) is 12.8 Å². The summed E-state index contributed by atoms with van der Waals surface area (Å²) >= 11 is 0. The van der Waals surface area contributed by atoms with Crippen molar-refractivity contribution >= 4 is 5.91 Å². The van der Waals surface area contributed by atoms with Crippen molar-refractivity contribution in [3.63, 3.8) is 0 Å². The maximum Gasteiger partial charge on any atom is 0.316 e. The number of benzene rings is 1. The van der Waals surface area contributed by atoms with E-state index in [2.05, 4.69) is 9.97 Å². The fourth-order valence-electron chi connectivity index (χ4n) is 3.05. The molecule has 0 aliphatic carbocycles. The van der Waals surface area contributed by atoms with Gasteiger partial charge in [-0.2, -0.15) is 0 Å². The molecule has 0 radical (unpaired) electrons. The molecule has 1 N–H and O–H groups in total. The normalized spacial score (nSPS) is 16.9. The number of ether oxygens (including phenoxy) is 1. The van der Waals surface area contributed by atoms with Gasteiger partial charge in [-0.1, -0.05) is 18.2 Å². The van der Waals surface area contributed by atoms with E-state index in [1.807, 2.05) is 0 Å². The van der Waals surface area contributed by atoms with Crippen LogP contribution in [0.1, 0.15) is 25.3 Å². The summed E-state index contributed by atoms with van der Waals surface area (Å²) in [4.78, 5) is 21.6. The molecule has 0 saturated carbocycles. The molecule has 0 spiro atoms. The summed E-state index contributed by atoms with van der Waals surface area (Å²) in [7, 11) is 0. The molecule has 1 aromatic carbocycles. The van der Waals surface area contributed by atoms with E-state index < -0.39 is 5.82 Å². The first-order valence-electron chi connectivity index (χ1n) is 8.21. The highest BCUT2D eigenvalue weighted by molar-refractivity contribution is 5.73. The summed E-state index contributed by atoms with van der Waals surface area (Å²) in [5, 5.41) is 9.15. The largest absolute Gasteiger partial charge is 0.461 e. The molecule has 7 heteroatoms. The van der Waals surface area contributed by atoms with Gasteiger partial charge in [0, 0.05) is 42.6 Å². The number of aliphatic hydroxyl groups excluding tert-OH is 1. The van der Waals surface area contributed by atoms with Crippen LogP contribution in [0.4, 0.5) is 4.39 Å². The minimum atomic E-state index is -0.481. The molecule has 2 heterocycles. The second kappa shape index (κ2) is 7.57. The van der Waals surface area contributed by atoms with Crippen LogP contribution in [-0.4, -0.2) is 45.1 Å². The lowest BCUT2D eigenvalue weighted by Gasteiger charge is -2.22. The van der Waals surface area contributed by atoms with E-state index in [0.29, 0.717) is 17.7 Å². The number of aromatic nitrogens is 2. The monoisotopic (exact) mass is 345 g/mol. The Morgan fingerprint density at radius 1 is 1.40 bits per heavy atom. The van der Waals surface area contributed by atoms with Crippen LogP contribution in [-0.2, 0) is 11.4 Å². The van der Waals surface area contributed by atoms with Crippen LogP contribution in [0.5, 0.6) is 6.01 Å². The second-order valence-corrected chi connectivity index (χ2v) is 6.01. The van der Waals surface area contributed by atoms with Gasteiger partial charge in [0.05, 0.1) is 12.6 Å². The van der Waals surface area contributed by atoms with Gasteiger partial charge < -0.3 is 14.7 Å². The Balaban J connectivity index is 1.68. The van der Waals surface area contributed by atoms with Crippen molar-refractivity contribution in [2.75, 3.05) is 13.2 Å². The van der Waals surface area contributed by atoms with Crippen molar-refractivity contribution in [1.82, 2.24) is 14.9 Å². The average Bonchev–Trinajstić information content (AvgIpc) is 3.10. The minimum absolute atomic E-state index is 0.0412. The lowest BCUT2D eigenvalue weighted by atomic mass is 10.1. The van der Waals surface area contributed by atoms with Gasteiger partial charge >= 0.3 is 6.01 Å². The van der Waals surface area contributed by atoms with Gasteiger partial charge in [0.25, 0.3) is 0 Å². The number of aliphatic hydroxyl groups is 1. The molecule has 1 unspecified atom stereocenters. The van der Waals surface area contributed by atoms with E-state index in [4.69, 9.17) is 9.84 Å². The SMILES string of the molecule is CC(=O)N1CCCC1COc1ncc(-c2cccc(CO)c2F)cn1. The molecule has 1 amide bonds. The molecular formula is C18H20FN3O3. The number of carbonyl (C=O) groups is 1. The zero-order valence-corrected chi connectivity index (χ0v) is 14.0. The molecule has 1 atom stereocenters. The molecule has 132 valence electrons. The molecule has 2 aromatic rings. The Labute approximate surface area is 145 Å². The first-order valence-corrected chi connectivity index (χ1v) is 8.21. The minimum Gasteiger partial charge on any atom is -0.461 e. The molecule has 1 saturated heterocycles. The van der Waals surface area contributed by atoms with E-state index >= 15 is 0 Å². The zero-order chi connectivity index (χ0) is 17.8. The Morgan fingerprint density at radius 2 is 2.16 bits per heavy atom. The van der Waals surface area contributed by atoms with E-state index in [1.54, 1.807) is 24.0 Å². The van der Waals surface area contributed by atoms with E-state index in [1.165, 1.54) is 18.5 Å². The summed E-state index contributed by atoms with van der Waals surface area (Å²) in [6, 6.07) is 5.04. The number of halogens is 1. The smallest absolute Gasteiger partial charge is 0.316 e. The second-order valence-electron chi connectivity index (χ2n) is 6.01. The predicted octanol–water partition coefficient (Wildman–Crippen LogP) is 2.16. The molecule has 6 nitrogen and oxygen atoms in total. The van der Waals surface area contributed by atoms with Crippen LogP contribution in [0.25, 0.3) is 11.1 Å². The summed E-state index contributed by atoms with van der Waals surface area (Å²) in [5.74, 6) is -0.438. The van der Waals surface area contributed by atoms with Crippen LogP contribution in [0.15, 0.2) is 30.6 Å². The van der Waals surface area contributed by atoms with Gasteiger partial charge in [-0.25, -0.2) is 14.4 Å². The highest BCUT2D eigenvalue weighted by atomic mass is 19.1. The molecule has 1 aliphatic rings. The van der Waals surface area contributed by atoms with Crippen molar-refractivity contribution in [3.8, 4) is 17.1 Å². The highest BCUT2D eigenvalue weighted by Gasteiger charge is 2.27. The third-order valence-electron chi connectivity index (χ3n) is 4.37. The number of amides is 1. The molecule has 0 bridgehead atoms. The van der Waals surface area contributed by atoms with Crippen LogP contribution in [0.2, 0.25) is 0 Å². The quantitative estimate of drug-likeness (QED) is 0.899. The third-order valence-corrected chi connectivity index (χ3v) is 4.37. The number of likely N-dealkylation sites (tertiary alicyclic amines) is 1. The summed E-state index contributed by atoms with van der Waals surface area (Å²) in [5.41, 5.74) is 1.06. The topological polar surface area (TPSA) is 75.6 Å². The van der Waals surface area contributed by atoms with Crippen LogP contribution in [0.3, 0.4) is 0 Å². The Hall–Kier alpha value is -2.54. The average molecular weight is 345 g/mol. The lowest BCUT2D eigenvalue weighted by Crippen LogP contribution is -2.37. The molecule has 3 rings (SSSR count). The fourth-order valence-corrected chi connectivity index (χ4v) is 3.05. The van der Waals surface area contributed by atoms with E-state index in [0.717, 1.165) is 19.4 Å². The first kappa shape index (κ1) is 17.3. The Morgan fingerprint density at radius 3 is 2.84 bits per heavy atom. The molecule has 1 aliphatic heterocycles. The Kier molecular flexibility index (Phi) is 5.23. The first-order chi connectivity index (χ1) is 12.1. The van der Waals surface area contributed by atoms with Crippen molar-refractivity contribution in [3.05, 3.63) is 42.0 Å². The van der Waals surface area contributed by atoms with Crippen molar-refractivity contribution < 1.29 is 19.0 Å². The summed E-state index contributed by atoms with van der Waals surface area (Å²) in [6.45, 7) is 2.28. The zero-order valence-electron chi connectivity index (χ0n) is 14.0. The molecule has 1 fully saturated rings. The van der Waals surface area contributed by atoms with Gasteiger partial charge in [-0.15, -0.1) is 0 Å². The number of rotatable bonds is 5. The highest BCUT2D eigenvalue weighted by Crippen LogP contribution is 2.25. The Bertz CT molecular complexity index is 752. The van der Waals surface area contributed by atoms with Gasteiger partial charge in [0.15, 0.2) is 0 Å². The standard InChI is InChI=1S/C18H20FN3O3/c1-12(24)22-7-3-5-15(22)11-25-18-20-8-14(9-21-18)16-6-2-4-13(10-23)17(16)19/h2,4,6,8-9,15,23H,3,5,7,10-11H2,1H3. The third kappa shape index (κ3) is 3.76. The molecule has 1 aromatic heterocycles. The summed E-state index contributed by atoms with van der Waals surface area (Å²) in [6.07, 6.45) is 4.84. The maximum absolute atomic E-state index is 14.2. The van der Waals surface area contributed by atoms with E-state index in [-0.39, 0.29) is 30.1 Å². The van der Waals surface area contributed by atoms with Crippen LogP contribution >= 0.6 is 0 Å². The van der Waals surface area contributed by atoms with Gasteiger partial charge in [0.1, 0.15) is 12.4 Å². The number of hydrogen-bond acceptors (Lipinski definition) is 5. The predicted molar refractivity (Wildman–Crippen MR) is 89.3 cm³/mol.